The fourth-order valence-electron chi connectivity index (χ4n) is 2.62. The number of hydrogen-bond donors (Lipinski definition) is 1. The normalized spacial score (nSPS) is 35.8. The van der Waals surface area contributed by atoms with Gasteiger partial charge < -0.3 is 24.1 Å². The molecule has 2 saturated heterocycles. The SMILES string of the molecule is CC1(C)O[C@H]2[C@H](O)[C@@H](OCc3ccccc3)OC[C@H]2O1. The minimum Gasteiger partial charge on any atom is -0.385 e. The molecule has 4 atom stereocenters. The molecule has 20 heavy (non-hydrogen) atoms. The molecule has 3 rings (SSSR count). The quantitative estimate of drug-likeness (QED) is 0.908. The van der Waals surface area contributed by atoms with Gasteiger partial charge in [-0.15, -0.1) is 0 Å². The number of ether oxygens (including phenoxy) is 4. The van der Waals surface area contributed by atoms with Crippen molar-refractivity contribution in [3.8, 4) is 0 Å². The Morgan fingerprint density at radius 3 is 2.75 bits per heavy atom. The molecule has 0 spiro atoms. The van der Waals surface area contributed by atoms with Crippen molar-refractivity contribution in [1.82, 2.24) is 0 Å². The molecule has 2 heterocycles. The molecule has 1 N–H and O–H groups in total. The van der Waals surface area contributed by atoms with Crippen molar-refractivity contribution in [2.24, 2.45) is 0 Å². The van der Waals surface area contributed by atoms with Crippen LogP contribution in [-0.4, -0.2) is 42.1 Å². The maximum absolute atomic E-state index is 10.3. The largest absolute Gasteiger partial charge is 0.385 e. The zero-order valence-electron chi connectivity index (χ0n) is 11.7. The summed E-state index contributed by atoms with van der Waals surface area (Å²) in [4.78, 5) is 0. The summed E-state index contributed by atoms with van der Waals surface area (Å²) in [6, 6.07) is 9.78. The average molecular weight is 280 g/mol. The third-order valence-electron chi connectivity index (χ3n) is 3.52. The molecule has 0 aliphatic carbocycles. The average Bonchev–Trinajstić information content (AvgIpc) is 2.75. The molecule has 1 aromatic carbocycles. The second-order valence-corrected chi connectivity index (χ2v) is 5.63. The summed E-state index contributed by atoms with van der Waals surface area (Å²) < 4.78 is 22.6. The molecule has 0 amide bonds. The topological polar surface area (TPSA) is 57.2 Å². The van der Waals surface area contributed by atoms with Crippen LogP contribution < -0.4 is 0 Å². The Kier molecular flexibility index (Phi) is 3.79. The van der Waals surface area contributed by atoms with E-state index >= 15 is 0 Å². The van der Waals surface area contributed by atoms with Crippen LogP contribution in [0.15, 0.2) is 30.3 Å². The first-order valence-electron chi connectivity index (χ1n) is 6.86. The molecule has 0 aromatic heterocycles. The molecule has 0 bridgehead atoms. The molecule has 2 fully saturated rings. The van der Waals surface area contributed by atoms with Gasteiger partial charge in [-0.3, -0.25) is 0 Å². The van der Waals surface area contributed by atoms with Crippen LogP contribution >= 0.6 is 0 Å². The zero-order valence-corrected chi connectivity index (χ0v) is 11.7. The van der Waals surface area contributed by atoms with Crippen molar-refractivity contribution in [3.63, 3.8) is 0 Å². The molecule has 0 saturated carbocycles. The van der Waals surface area contributed by atoms with Crippen LogP contribution in [-0.2, 0) is 25.6 Å². The van der Waals surface area contributed by atoms with Crippen LogP contribution in [0.25, 0.3) is 0 Å². The Labute approximate surface area is 118 Å². The summed E-state index contributed by atoms with van der Waals surface area (Å²) in [6.07, 6.45) is -2.18. The highest BCUT2D eigenvalue weighted by atomic mass is 16.8. The molecule has 0 radical (unpaired) electrons. The molecule has 0 unspecified atom stereocenters. The zero-order chi connectivity index (χ0) is 14.2. The van der Waals surface area contributed by atoms with Gasteiger partial charge in [0.05, 0.1) is 13.2 Å². The van der Waals surface area contributed by atoms with Gasteiger partial charge in [0.2, 0.25) is 0 Å². The Balaban J connectivity index is 1.59. The fourth-order valence-corrected chi connectivity index (χ4v) is 2.62. The van der Waals surface area contributed by atoms with Crippen LogP contribution in [0.3, 0.4) is 0 Å². The predicted octanol–water partition coefficient (Wildman–Crippen LogP) is 1.44. The number of rotatable bonds is 3. The van der Waals surface area contributed by atoms with Crippen molar-refractivity contribution in [3.05, 3.63) is 35.9 Å². The second-order valence-electron chi connectivity index (χ2n) is 5.63. The molecular weight excluding hydrogens is 260 g/mol. The van der Waals surface area contributed by atoms with Crippen molar-refractivity contribution in [1.29, 1.82) is 0 Å². The van der Waals surface area contributed by atoms with Gasteiger partial charge in [-0.2, -0.15) is 0 Å². The highest BCUT2D eigenvalue weighted by Gasteiger charge is 2.50. The smallest absolute Gasteiger partial charge is 0.186 e. The van der Waals surface area contributed by atoms with Crippen LogP contribution in [0.1, 0.15) is 19.4 Å². The van der Waals surface area contributed by atoms with E-state index in [2.05, 4.69) is 0 Å². The summed E-state index contributed by atoms with van der Waals surface area (Å²) in [5, 5.41) is 10.3. The van der Waals surface area contributed by atoms with Gasteiger partial charge in [0.15, 0.2) is 12.1 Å². The third-order valence-corrected chi connectivity index (χ3v) is 3.52. The highest BCUT2D eigenvalue weighted by molar-refractivity contribution is 5.13. The fraction of sp³-hybridized carbons (Fsp3) is 0.600. The minimum atomic E-state index is -0.848. The lowest BCUT2D eigenvalue weighted by atomic mass is 10.1. The van der Waals surface area contributed by atoms with Gasteiger partial charge in [0, 0.05) is 0 Å². The first-order chi connectivity index (χ1) is 9.55. The van der Waals surface area contributed by atoms with E-state index in [1.54, 1.807) is 0 Å². The maximum atomic E-state index is 10.3. The monoisotopic (exact) mass is 280 g/mol. The van der Waals surface area contributed by atoms with Gasteiger partial charge in [-0.1, -0.05) is 30.3 Å². The third kappa shape index (κ3) is 2.87. The van der Waals surface area contributed by atoms with E-state index in [0.29, 0.717) is 13.2 Å². The van der Waals surface area contributed by atoms with Crippen molar-refractivity contribution in [2.45, 2.75) is 50.8 Å². The highest BCUT2D eigenvalue weighted by Crippen LogP contribution is 2.34. The molecule has 1 aromatic rings. The van der Waals surface area contributed by atoms with Crippen molar-refractivity contribution in [2.75, 3.05) is 6.61 Å². The van der Waals surface area contributed by atoms with E-state index in [4.69, 9.17) is 18.9 Å². The molecule has 110 valence electrons. The Morgan fingerprint density at radius 1 is 1.25 bits per heavy atom. The summed E-state index contributed by atoms with van der Waals surface area (Å²) in [5.41, 5.74) is 1.04. The number of hydrogen-bond acceptors (Lipinski definition) is 5. The summed E-state index contributed by atoms with van der Waals surface area (Å²) in [6.45, 7) is 4.42. The number of aliphatic hydroxyl groups excluding tert-OH is 1. The second kappa shape index (κ2) is 5.42. The first kappa shape index (κ1) is 14.0. The summed E-state index contributed by atoms with van der Waals surface area (Å²) in [5.74, 6) is -0.687. The van der Waals surface area contributed by atoms with E-state index in [-0.39, 0.29) is 6.10 Å². The first-order valence-corrected chi connectivity index (χ1v) is 6.86. The molecule has 5 nitrogen and oxygen atoms in total. The Hall–Kier alpha value is -0.980. The van der Waals surface area contributed by atoms with Gasteiger partial charge in [0.25, 0.3) is 0 Å². The van der Waals surface area contributed by atoms with Crippen LogP contribution in [0.2, 0.25) is 0 Å². The van der Waals surface area contributed by atoms with E-state index in [1.165, 1.54) is 0 Å². The lowest BCUT2D eigenvalue weighted by Crippen LogP contribution is -2.52. The van der Waals surface area contributed by atoms with E-state index in [9.17, 15) is 5.11 Å². The van der Waals surface area contributed by atoms with E-state index in [1.807, 2.05) is 44.2 Å². The minimum absolute atomic E-state index is 0.239. The van der Waals surface area contributed by atoms with Gasteiger partial charge in [-0.05, 0) is 19.4 Å². The van der Waals surface area contributed by atoms with Gasteiger partial charge >= 0.3 is 0 Å². The van der Waals surface area contributed by atoms with E-state index < -0.39 is 24.3 Å². The predicted molar refractivity (Wildman–Crippen MR) is 70.8 cm³/mol. The van der Waals surface area contributed by atoms with Crippen molar-refractivity contribution >= 4 is 0 Å². The lowest BCUT2D eigenvalue weighted by molar-refractivity contribution is -0.255. The molecule has 2 aliphatic heterocycles. The lowest BCUT2D eigenvalue weighted by Gasteiger charge is -2.34. The van der Waals surface area contributed by atoms with Gasteiger partial charge in [0.1, 0.15) is 18.3 Å². The Bertz CT molecular complexity index is 447. The van der Waals surface area contributed by atoms with Crippen molar-refractivity contribution < 1.29 is 24.1 Å². The molecule has 2 aliphatic rings. The molecular formula is C15H20O5. The van der Waals surface area contributed by atoms with E-state index in [0.717, 1.165) is 5.56 Å². The summed E-state index contributed by atoms with van der Waals surface area (Å²) >= 11 is 0. The van der Waals surface area contributed by atoms with Crippen LogP contribution in [0.5, 0.6) is 0 Å². The van der Waals surface area contributed by atoms with Crippen LogP contribution in [0, 0.1) is 0 Å². The summed E-state index contributed by atoms with van der Waals surface area (Å²) in [7, 11) is 0. The number of aliphatic hydroxyl groups is 1. The number of fused-ring (bicyclic) bond motifs is 1. The standard InChI is InChI=1S/C15H20O5/c1-15(2)19-11-9-18-14(12(16)13(11)20-15)17-8-10-6-4-3-5-7-10/h3-7,11-14,16H,8-9H2,1-2H3/t11-,12+,13-,14+/m1/s1. The molecule has 5 heteroatoms. The number of benzene rings is 1. The van der Waals surface area contributed by atoms with Gasteiger partial charge in [-0.25, -0.2) is 0 Å². The Morgan fingerprint density at radius 2 is 2.00 bits per heavy atom. The van der Waals surface area contributed by atoms with Crippen LogP contribution in [0.4, 0.5) is 0 Å². The maximum Gasteiger partial charge on any atom is 0.186 e.